The Morgan fingerprint density at radius 2 is 1.66 bits per heavy atom. The molecule has 1 amide bonds. The molecule has 0 radical (unpaired) electrons. The van der Waals surface area contributed by atoms with Crippen LogP contribution in [0.2, 0.25) is 0 Å². The molecule has 0 aliphatic heterocycles. The smallest absolute Gasteiger partial charge is 0.348 e. The molecule has 1 aromatic rings. The molecule has 29 heavy (non-hydrogen) atoms. The van der Waals surface area contributed by atoms with E-state index in [-0.39, 0.29) is 33.9 Å². The van der Waals surface area contributed by atoms with Crippen LogP contribution in [0.15, 0.2) is 6.07 Å². The number of carboxylic acid groups (broad SMARTS) is 1. The van der Waals surface area contributed by atoms with Gasteiger partial charge < -0.3 is 10.0 Å². The molecule has 0 aromatic carbocycles. The summed E-state index contributed by atoms with van der Waals surface area (Å²) in [5.41, 5.74) is 0.348. The average Bonchev–Trinajstić information content (AvgIpc) is 3.10. The topological polar surface area (TPSA) is 74.7 Å². The number of Topliss-reactive ketones (excluding diaryl/α,β-unsaturated/α-hetero) is 1. The van der Waals surface area contributed by atoms with Crippen molar-refractivity contribution in [3.63, 3.8) is 0 Å². The highest BCUT2D eigenvalue weighted by Gasteiger charge is 2.37. The van der Waals surface area contributed by atoms with E-state index in [1.54, 1.807) is 4.90 Å². The quantitative estimate of drug-likeness (QED) is 0.707. The van der Waals surface area contributed by atoms with Gasteiger partial charge in [0.15, 0.2) is 0 Å². The van der Waals surface area contributed by atoms with Gasteiger partial charge in [0.1, 0.15) is 10.7 Å². The number of thiophene rings is 1. The fourth-order valence-electron chi connectivity index (χ4n) is 4.47. The Labute approximate surface area is 177 Å². The lowest BCUT2D eigenvalue weighted by Crippen LogP contribution is -2.46. The zero-order valence-corrected chi connectivity index (χ0v) is 18.8. The third kappa shape index (κ3) is 4.90. The lowest BCUT2D eigenvalue weighted by molar-refractivity contribution is -0.125. The van der Waals surface area contributed by atoms with Crippen LogP contribution in [0, 0.1) is 11.8 Å². The molecule has 2 saturated carbocycles. The lowest BCUT2D eigenvalue weighted by atomic mass is 9.81. The predicted octanol–water partition coefficient (Wildman–Crippen LogP) is 5.41. The molecule has 0 atom stereocenters. The fraction of sp³-hybridized carbons (Fsp3) is 0.696. The molecule has 2 aliphatic carbocycles. The van der Waals surface area contributed by atoms with E-state index in [4.69, 9.17) is 0 Å². The molecule has 3 rings (SSSR count). The third-order valence-electron chi connectivity index (χ3n) is 6.39. The number of anilines is 1. The van der Waals surface area contributed by atoms with Gasteiger partial charge in [-0.3, -0.25) is 9.59 Å². The Balaban J connectivity index is 2.01. The van der Waals surface area contributed by atoms with Crippen LogP contribution in [0.1, 0.15) is 93.6 Å². The number of ketones is 1. The number of carbonyl (C=O) groups excluding carboxylic acids is 2. The van der Waals surface area contributed by atoms with Gasteiger partial charge in [0.05, 0.1) is 5.69 Å². The van der Waals surface area contributed by atoms with Crippen molar-refractivity contribution in [3.8, 4) is 0 Å². The summed E-state index contributed by atoms with van der Waals surface area (Å²) in [4.78, 5) is 40.5. The van der Waals surface area contributed by atoms with E-state index in [0.717, 1.165) is 30.6 Å². The van der Waals surface area contributed by atoms with Gasteiger partial charge in [-0.05, 0) is 55.9 Å². The van der Waals surface area contributed by atoms with Gasteiger partial charge in [0.25, 0.3) is 0 Å². The van der Waals surface area contributed by atoms with E-state index >= 15 is 0 Å². The van der Waals surface area contributed by atoms with Crippen molar-refractivity contribution in [3.05, 3.63) is 15.8 Å². The van der Waals surface area contributed by atoms with Crippen LogP contribution in [-0.2, 0) is 15.0 Å². The predicted molar refractivity (Wildman–Crippen MR) is 116 cm³/mol. The molecule has 1 heterocycles. The van der Waals surface area contributed by atoms with Gasteiger partial charge in [-0.15, -0.1) is 11.3 Å². The molecular formula is C23H33NO4S. The number of nitrogens with zero attached hydrogens (tertiary/aromatic N) is 1. The number of carboxylic acids is 1. The Hall–Kier alpha value is -1.69. The summed E-state index contributed by atoms with van der Waals surface area (Å²) < 4.78 is 0. The number of carbonyl (C=O) groups is 3. The summed E-state index contributed by atoms with van der Waals surface area (Å²) in [6, 6.07) is 1.81. The lowest BCUT2D eigenvalue weighted by Gasteiger charge is -2.37. The molecule has 0 unspecified atom stereocenters. The van der Waals surface area contributed by atoms with E-state index in [1.807, 2.05) is 6.07 Å². The Morgan fingerprint density at radius 1 is 1.07 bits per heavy atom. The van der Waals surface area contributed by atoms with Crippen molar-refractivity contribution in [1.29, 1.82) is 0 Å². The minimum atomic E-state index is -0.984. The molecule has 160 valence electrons. The van der Waals surface area contributed by atoms with E-state index in [1.165, 1.54) is 11.3 Å². The highest BCUT2D eigenvalue weighted by Crippen LogP contribution is 2.41. The van der Waals surface area contributed by atoms with Gasteiger partial charge in [-0.2, -0.15) is 0 Å². The summed E-state index contributed by atoms with van der Waals surface area (Å²) >= 11 is 1.27. The van der Waals surface area contributed by atoms with E-state index in [2.05, 4.69) is 27.7 Å². The maximum atomic E-state index is 13.7. The zero-order chi connectivity index (χ0) is 21.3. The number of hydrogen-bond donors (Lipinski definition) is 1. The van der Waals surface area contributed by atoms with Crippen molar-refractivity contribution >= 4 is 34.7 Å². The monoisotopic (exact) mass is 419 g/mol. The van der Waals surface area contributed by atoms with Crippen LogP contribution in [0.25, 0.3) is 0 Å². The first-order valence-corrected chi connectivity index (χ1v) is 11.6. The molecule has 6 heteroatoms. The van der Waals surface area contributed by atoms with Crippen molar-refractivity contribution < 1.29 is 19.5 Å². The zero-order valence-electron chi connectivity index (χ0n) is 18.0. The normalized spacial score (nSPS) is 23.8. The highest BCUT2D eigenvalue weighted by atomic mass is 32.1. The minimum absolute atomic E-state index is 0.0524. The molecule has 1 aromatic heterocycles. The van der Waals surface area contributed by atoms with E-state index in [0.29, 0.717) is 37.3 Å². The van der Waals surface area contributed by atoms with Gasteiger partial charge in [-0.25, -0.2) is 4.79 Å². The second-order valence-corrected chi connectivity index (χ2v) is 10.9. The van der Waals surface area contributed by atoms with Crippen LogP contribution in [-0.4, -0.2) is 28.8 Å². The Morgan fingerprint density at radius 3 is 2.17 bits per heavy atom. The molecule has 0 saturated heterocycles. The molecule has 2 fully saturated rings. The summed E-state index contributed by atoms with van der Waals surface area (Å²) in [5.74, 6) is -0.106. The molecule has 0 spiro atoms. The number of hydrogen-bond acceptors (Lipinski definition) is 4. The Kier molecular flexibility index (Phi) is 6.51. The first kappa shape index (κ1) is 22.0. The van der Waals surface area contributed by atoms with E-state index in [9.17, 15) is 19.5 Å². The maximum absolute atomic E-state index is 13.7. The molecule has 2 aliphatic rings. The first-order valence-electron chi connectivity index (χ1n) is 10.8. The second kappa shape index (κ2) is 8.58. The third-order valence-corrected chi connectivity index (χ3v) is 7.92. The van der Waals surface area contributed by atoms with Crippen molar-refractivity contribution in [2.75, 3.05) is 4.90 Å². The first-order chi connectivity index (χ1) is 13.6. The highest BCUT2D eigenvalue weighted by molar-refractivity contribution is 7.14. The number of aromatic carboxylic acids is 1. The molecule has 1 N–H and O–H groups in total. The standard InChI is InChI=1S/C23H33NO4S/c1-14-5-7-15(8-6-14)21(26)24(16-9-11-17(25)12-10-16)18-13-19(23(2,3)4)29-20(18)22(27)28/h13-16H,5-12H2,1-4H3,(H,27,28)/t14-,15-. The largest absolute Gasteiger partial charge is 0.477 e. The van der Waals surface area contributed by atoms with E-state index < -0.39 is 5.97 Å². The second-order valence-electron chi connectivity index (χ2n) is 9.82. The SMILES string of the molecule is CC(C)(C)c1cc(N(C(=O)[C@H]2CC[C@H](C)CC2)C2CCC(=O)CC2)c(C(=O)O)s1. The van der Waals surface area contributed by atoms with Gasteiger partial charge >= 0.3 is 5.97 Å². The van der Waals surface area contributed by atoms with Crippen LogP contribution in [0.4, 0.5) is 5.69 Å². The average molecular weight is 420 g/mol. The summed E-state index contributed by atoms with van der Waals surface area (Å²) in [7, 11) is 0. The van der Waals surface area contributed by atoms with Crippen LogP contribution >= 0.6 is 11.3 Å². The maximum Gasteiger partial charge on any atom is 0.348 e. The molecular weight excluding hydrogens is 386 g/mol. The van der Waals surface area contributed by atoms with Crippen LogP contribution in [0.3, 0.4) is 0 Å². The van der Waals surface area contributed by atoms with Gasteiger partial charge in [0.2, 0.25) is 5.91 Å². The van der Waals surface area contributed by atoms with Crippen molar-refractivity contribution in [2.45, 2.75) is 90.5 Å². The summed E-state index contributed by atoms with van der Waals surface area (Å²) in [5, 5.41) is 9.88. The number of amides is 1. The molecule has 0 bridgehead atoms. The van der Waals surface area contributed by atoms with Gasteiger partial charge in [0, 0.05) is 29.7 Å². The molecule has 5 nitrogen and oxygen atoms in total. The fourth-order valence-corrected chi connectivity index (χ4v) is 5.51. The van der Waals surface area contributed by atoms with Crippen molar-refractivity contribution in [2.24, 2.45) is 11.8 Å². The van der Waals surface area contributed by atoms with Gasteiger partial charge in [-0.1, -0.05) is 27.7 Å². The Bertz CT molecular complexity index is 773. The summed E-state index contributed by atoms with van der Waals surface area (Å²) in [6.45, 7) is 8.40. The minimum Gasteiger partial charge on any atom is -0.477 e. The number of rotatable bonds is 4. The summed E-state index contributed by atoms with van der Waals surface area (Å²) in [6.07, 6.45) is 5.97. The van der Waals surface area contributed by atoms with Crippen LogP contribution in [0.5, 0.6) is 0 Å². The van der Waals surface area contributed by atoms with Crippen LogP contribution < -0.4 is 4.90 Å². The van der Waals surface area contributed by atoms with Crippen molar-refractivity contribution in [1.82, 2.24) is 0 Å².